The van der Waals surface area contributed by atoms with Gasteiger partial charge in [-0.25, -0.2) is 0 Å². The standard InChI is InChI=1S/C11H14N2OS/c12-5-8(14)6-13-10-7-15-11-4-2-1-3-9(10)11/h1-4,7-8,13-14H,5-6,12H2. The molecular weight excluding hydrogens is 208 g/mol. The Morgan fingerprint density at radius 2 is 2.20 bits per heavy atom. The minimum Gasteiger partial charge on any atom is -0.390 e. The highest BCUT2D eigenvalue weighted by atomic mass is 32.1. The first-order chi connectivity index (χ1) is 7.31. The molecule has 4 N–H and O–H groups in total. The van der Waals surface area contributed by atoms with Crippen LogP contribution in [-0.2, 0) is 0 Å². The Hall–Kier alpha value is -1.10. The van der Waals surface area contributed by atoms with Gasteiger partial charge in [0.05, 0.1) is 11.8 Å². The second-order valence-electron chi connectivity index (χ2n) is 3.42. The van der Waals surface area contributed by atoms with Crippen LogP contribution in [0.5, 0.6) is 0 Å². The summed E-state index contributed by atoms with van der Waals surface area (Å²) in [7, 11) is 0. The van der Waals surface area contributed by atoms with Crippen molar-refractivity contribution in [3.8, 4) is 0 Å². The second kappa shape index (κ2) is 4.61. The molecule has 0 radical (unpaired) electrons. The lowest BCUT2D eigenvalue weighted by Crippen LogP contribution is -2.27. The number of anilines is 1. The van der Waals surface area contributed by atoms with Gasteiger partial charge in [-0.1, -0.05) is 18.2 Å². The molecule has 0 aliphatic heterocycles. The SMILES string of the molecule is NCC(O)CNc1csc2ccccc12. The van der Waals surface area contributed by atoms with Crippen molar-refractivity contribution in [1.82, 2.24) is 0 Å². The number of fused-ring (bicyclic) bond motifs is 1. The van der Waals surface area contributed by atoms with E-state index in [0.29, 0.717) is 6.54 Å². The van der Waals surface area contributed by atoms with Crippen LogP contribution in [0.3, 0.4) is 0 Å². The number of rotatable bonds is 4. The fourth-order valence-electron chi connectivity index (χ4n) is 1.43. The van der Waals surface area contributed by atoms with E-state index in [2.05, 4.69) is 22.8 Å². The van der Waals surface area contributed by atoms with Crippen molar-refractivity contribution in [2.24, 2.45) is 5.73 Å². The Morgan fingerprint density at radius 3 is 3.00 bits per heavy atom. The highest BCUT2D eigenvalue weighted by Gasteiger charge is 2.04. The molecule has 80 valence electrons. The van der Waals surface area contributed by atoms with Crippen LogP contribution in [0.15, 0.2) is 29.6 Å². The van der Waals surface area contributed by atoms with E-state index in [1.807, 2.05) is 12.1 Å². The van der Waals surface area contributed by atoms with E-state index < -0.39 is 6.10 Å². The van der Waals surface area contributed by atoms with E-state index in [1.165, 1.54) is 10.1 Å². The molecule has 2 aromatic rings. The van der Waals surface area contributed by atoms with Gasteiger partial charge in [0.25, 0.3) is 0 Å². The Labute approximate surface area is 92.5 Å². The van der Waals surface area contributed by atoms with Gasteiger partial charge in [-0.2, -0.15) is 0 Å². The Kier molecular flexibility index (Phi) is 3.20. The van der Waals surface area contributed by atoms with Crippen LogP contribution in [-0.4, -0.2) is 24.3 Å². The monoisotopic (exact) mass is 222 g/mol. The topological polar surface area (TPSA) is 58.3 Å². The third-order valence-corrected chi connectivity index (χ3v) is 3.24. The van der Waals surface area contributed by atoms with Crippen molar-refractivity contribution < 1.29 is 5.11 Å². The number of nitrogens with two attached hydrogens (primary N) is 1. The zero-order chi connectivity index (χ0) is 10.7. The average molecular weight is 222 g/mol. The van der Waals surface area contributed by atoms with Crippen molar-refractivity contribution in [2.45, 2.75) is 6.10 Å². The molecule has 1 unspecified atom stereocenters. The van der Waals surface area contributed by atoms with Crippen molar-refractivity contribution in [2.75, 3.05) is 18.4 Å². The van der Waals surface area contributed by atoms with Gasteiger partial charge < -0.3 is 16.2 Å². The second-order valence-corrected chi connectivity index (χ2v) is 4.33. The molecule has 0 aliphatic carbocycles. The normalized spacial score (nSPS) is 12.9. The molecule has 0 bridgehead atoms. The van der Waals surface area contributed by atoms with Gasteiger partial charge in [0.15, 0.2) is 0 Å². The number of aliphatic hydroxyl groups is 1. The molecule has 0 fully saturated rings. The van der Waals surface area contributed by atoms with E-state index in [0.717, 1.165) is 5.69 Å². The molecule has 0 spiro atoms. The summed E-state index contributed by atoms with van der Waals surface area (Å²) in [5.74, 6) is 0. The first kappa shape index (κ1) is 10.4. The minimum absolute atomic E-state index is 0.287. The summed E-state index contributed by atoms with van der Waals surface area (Å²) < 4.78 is 1.25. The predicted octanol–water partition coefficient (Wildman–Crippen LogP) is 1.63. The van der Waals surface area contributed by atoms with Crippen molar-refractivity contribution >= 4 is 27.1 Å². The van der Waals surface area contributed by atoms with Crippen molar-refractivity contribution in [3.05, 3.63) is 29.6 Å². The smallest absolute Gasteiger partial charge is 0.0834 e. The van der Waals surface area contributed by atoms with Gasteiger partial charge in [-0.05, 0) is 6.07 Å². The molecular formula is C11H14N2OS. The summed E-state index contributed by atoms with van der Waals surface area (Å²) in [6.45, 7) is 0.784. The molecule has 0 saturated carbocycles. The molecule has 1 aromatic carbocycles. The Balaban J connectivity index is 2.14. The summed E-state index contributed by atoms with van der Waals surface area (Å²) in [5, 5.41) is 15.8. The summed E-state index contributed by atoms with van der Waals surface area (Å²) >= 11 is 1.70. The molecule has 15 heavy (non-hydrogen) atoms. The maximum Gasteiger partial charge on any atom is 0.0834 e. The number of aliphatic hydroxyl groups excluding tert-OH is 1. The van der Waals surface area contributed by atoms with Gasteiger partial charge in [-0.15, -0.1) is 11.3 Å². The van der Waals surface area contributed by atoms with Crippen molar-refractivity contribution in [3.63, 3.8) is 0 Å². The molecule has 3 nitrogen and oxygen atoms in total. The zero-order valence-corrected chi connectivity index (χ0v) is 9.13. The van der Waals surface area contributed by atoms with E-state index >= 15 is 0 Å². The molecule has 1 heterocycles. The predicted molar refractivity (Wildman–Crippen MR) is 65.4 cm³/mol. The van der Waals surface area contributed by atoms with E-state index in [4.69, 9.17) is 5.73 Å². The summed E-state index contributed by atoms with van der Waals surface area (Å²) in [4.78, 5) is 0. The maximum absolute atomic E-state index is 9.34. The number of nitrogens with one attached hydrogen (secondary N) is 1. The highest BCUT2D eigenvalue weighted by molar-refractivity contribution is 7.17. The summed E-state index contributed by atoms with van der Waals surface area (Å²) in [5.41, 5.74) is 6.41. The number of thiophene rings is 1. The van der Waals surface area contributed by atoms with Crippen LogP contribution in [0.4, 0.5) is 5.69 Å². The van der Waals surface area contributed by atoms with Crippen LogP contribution < -0.4 is 11.1 Å². The first-order valence-corrected chi connectivity index (χ1v) is 5.77. The lowest BCUT2D eigenvalue weighted by atomic mass is 10.2. The van der Waals surface area contributed by atoms with E-state index in [1.54, 1.807) is 11.3 Å². The third kappa shape index (κ3) is 2.28. The quantitative estimate of drug-likeness (QED) is 0.737. The highest BCUT2D eigenvalue weighted by Crippen LogP contribution is 2.29. The van der Waals surface area contributed by atoms with Crippen molar-refractivity contribution in [1.29, 1.82) is 0 Å². The van der Waals surface area contributed by atoms with Gasteiger partial charge >= 0.3 is 0 Å². The van der Waals surface area contributed by atoms with Crippen LogP contribution >= 0.6 is 11.3 Å². The molecule has 0 aliphatic rings. The molecule has 1 aromatic heterocycles. The fraction of sp³-hybridized carbons (Fsp3) is 0.273. The van der Waals surface area contributed by atoms with E-state index in [-0.39, 0.29) is 6.54 Å². The minimum atomic E-state index is -0.483. The van der Waals surface area contributed by atoms with Gasteiger partial charge in [0, 0.05) is 28.6 Å². The number of hydrogen-bond donors (Lipinski definition) is 3. The summed E-state index contributed by atoms with van der Waals surface area (Å²) in [6, 6.07) is 8.20. The molecule has 1 atom stereocenters. The van der Waals surface area contributed by atoms with Gasteiger partial charge in [0.2, 0.25) is 0 Å². The van der Waals surface area contributed by atoms with E-state index in [9.17, 15) is 5.11 Å². The Morgan fingerprint density at radius 1 is 1.40 bits per heavy atom. The Bertz CT molecular complexity index is 441. The number of hydrogen-bond acceptors (Lipinski definition) is 4. The van der Waals surface area contributed by atoms with Crippen LogP contribution in [0.25, 0.3) is 10.1 Å². The largest absolute Gasteiger partial charge is 0.390 e. The number of benzene rings is 1. The average Bonchev–Trinajstić information content (AvgIpc) is 2.69. The molecule has 0 amide bonds. The van der Waals surface area contributed by atoms with Crippen LogP contribution in [0, 0.1) is 0 Å². The first-order valence-electron chi connectivity index (χ1n) is 4.89. The molecule has 4 heteroatoms. The van der Waals surface area contributed by atoms with Crippen LogP contribution in [0.1, 0.15) is 0 Å². The van der Waals surface area contributed by atoms with Gasteiger partial charge in [-0.3, -0.25) is 0 Å². The lowest BCUT2D eigenvalue weighted by molar-refractivity contribution is 0.196. The fourth-order valence-corrected chi connectivity index (χ4v) is 2.34. The third-order valence-electron chi connectivity index (χ3n) is 2.28. The molecule has 0 saturated heterocycles. The zero-order valence-electron chi connectivity index (χ0n) is 8.31. The lowest BCUT2D eigenvalue weighted by Gasteiger charge is -2.09. The van der Waals surface area contributed by atoms with Crippen LogP contribution in [0.2, 0.25) is 0 Å². The maximum atomic E-state index is 9.34. The molecule has 2 rings (SSSR count). The summed E-state index contributed by atoms with van der Waals surface area (Å²) in [6.07, 6.45) is -0.483. The van der Waals surface area contributed by atoms with Gasteiger partial charge in [0.1, 0.15) is 0 Å².